The normalized spacial score (nSPS) is 13.1. The maximum absolute atomic E-state index is 7.51. The molecule has 0 atom stereocenters. The van der Waals surface area contributed by atoms with Gasteiger partial charge in [0.15, 0.2) is 0 Å². The van der Waals surface area contributed by atoms with Gasteiger partial charge >= 0.3 is 0 Å². The van der Waals surface area contributed by atoms with Crippen LogP contribution in [0.5, 0.6) is 11.5 Å². The van der Waals surface area contributed by atoms with E-state index in [0.717, 1.165) is 89.3 Å². The summed E-state index contributed by atoms with van der Waals surface area (Å²) in [4.78, 5) is 9.72. The molecule has 10 aromatic carbocycles. The maximum Gasteiger partial charge on any atom is 0.135 e. The predicted molar refractivity (Wildman–Crippen MR) is 331 cm³/mol. The fourth-order valence-electron chi connectivity index (χ4n) is 12.1. The Morgan fingerprint density at radius 2 is 1.00 bits per heavy atom. The first kappa shape index (κ1) is 51.7. The van der Waals surface area contributed by atoms with Gasteiger partial charge in [-0.2, -0.15) is 6.07 Å². The molecule has 14 rings (SSSR count). The average molecular weight is 1230 g/mol. The van der Waals surface area contributed by atoms with Gasteiger partial charge in [0, 0.05) is 78.4 Å². The van der Waals surface area contributed by atoms with Crippen LogP contribution in [0.4, 0.5) is 22.7 Å². The first-order valence-corrected chi connectivity index (χ1v) is 27.7. The number of nitrogens with zero attached hydrogens (tertiary/aromatic N) is 4. The maximum atomic E-state index is 7.51. The fourth-order valence-corrected chi connectivity index (χ4v) is 12.1. The van der Waals surface area contributed by atoms with Crippen LogP contribution in [0.3, 0.4) is 0 Å². The van der Waals surface area contributed by atoms with Gasteiger partial charge in [0.05, 0.1) is 0 Å². The summed E-state index contributed by atoms with van der Waals surface area (Å²) in [6.45, 7) is 15.9. The Morgan fingerprint density at radius 1 is 0.469 bits per heavy atom. The SMILES string of the molecule is CC(C)(C)c1ccnc(-n2c3[c-]c(Oc4[c-]c(N5[CH-]N(c6c(-c7ccccc7)cc(C(C)(C)C)cc6-c6ccccc6)c6ccccc65)cc(C5c6ccccc6-c6ccccc65)c4)c(-c4ccccc4)cc3c3ccccc32)c1.[Pt]. The van der Waals surface area contributed by atoms with Crippen LogP contribution in [-0.4, -0.2) is 9.55 Å². The molecule has 398 valence electrons. The van der Waals surface area contributed by atoms with Crippen LogP contribution in [0.15, 0.2) is 237 Å². The van der Waals surface area contributed by atoms with E-state index in [9.17, 15) is 0 Å². The molecule has 2 aromatic heterocycles. The molecule has 0 bridgehead atoms. The van der Waals surface area contributed by atoms with Gasteiger partial charge in [0.25, 0.3) is 0 Å². The topological polar surface area (TPSA) is 33.5 Å². The standard InChI is InChI=1S/C75H59N4O.Pt/c1-74(2,3)53-38-39-76-71(44-53)79-66-35-21-20-32-59(66)65-46-62(49-24-10-7-11-25-49)70(47-69(65)79)80-56-41-52(72-60-33-18-16-30-57(60)58-31-17-19-34-61(58)72)40-55(45-56)77-48-78(68-37-23-22-36-67(68)77)73-63(50-26-12-8-13-27-50)42-54(75(4,5)6)43-64(73)51-28-14-9-15-29-51;/h7-44,46,48,72H,1-6H3;/q-3;. The number of pyridine rings is 1. The molecular weight excluding hydrogens is 1170 g/mol. The van der Waals surface area contributed by atoms with Gasteiger partial charge < -0.3 is 19.1 Å². The van der Waals surface area contributed by atoms with Gasteiger partial charge in [-0.3, -0.25) is 0 Å². The van der Waals surface area contributed by atoms with Gasteiger partial charge in [-0.1, -0.05) is 228 Å². The van der Waals surface area contributed by atoms with Crippen molar-refractivity contribution in [2.24, 2.45) is 0 Å². The summed E-state index contributed by atoms with van der Waals surface area (Å²) < 4.78 is 9.75. The van der Waals surface area contributed by atoms with E-state index in [1.165, 1.54) is 33.4 Å². The molecule has 3 heterocycles. The molecule has 1 aliphatic carbocycles. The molecular formula is C75H59N4OPt-3. The van der Waals surface area contributed by atoms with Crippen molar-refractivity contribution in [3.63, 3.8) is 0 Å². The second-order valence-corrected chi connectivity index (χ2v) is 23.3. The van der Waals surface area contributed by atoms with E-state index in [-0.39, 0.29) is 37.8 Å². The summed E-state index contributed by atoms with van der Waals surface area (Å²) >= 11 is 0. The number of hydrogen-bond acceptors (Lipinski definition) is 4. The number of fused-ring (bicyclic) bond motifs is 7. The summed E-state index contributed by atoms with van der Waals surface area (Å²) in [6.07, 6.45) is 1.92. The van der Waals surface area contributed by atoms with Crippen molar-refractivity contribution in [1.82, 2.24) is 9.55 Å². The van der Waals surface area contributed by atoms with Crippen molar-refractivity contribution in [2.45, 2.75) is 58.3 Å². The number of anilines is 4. The molecule has 0 spiro atoms. The molecule has 0 N–H and O–H groups in total. The van der Waals surface area contributed by atoms with Crippen molar-refractivity contribution in [3.8, 4) is 61.8 Å². The van der Waals surface area contributed by atoms with Gasteiger partial charge in [-0.05, 0) is 103 Å². The third kappa shape index (κ3) is 9.15. The summed E-state index contributed by atoms with van der Waals surface area (Å²) in [7, 11) is 0. The molecule has 6 heteroatoms. The van der Waals surface area contributed by atoms with E-state index in [1.807, 2.05) is 6.20 Å². The minimum Gasteiger partial charge on any atom is -0.509 e. The van der Waals surface area contributed by atoms with Crippen molar-refractivity contribution < 1.29 is 25.8 Å². The van der Waals surface area contributed by atoms with E-state index >= 15 is 0 Å². The van der Waals surface area contributed by atoms with Crippen molar-refractivity contribution in [3.05, 3.63) is 283 Å². The zero-order valence-corrected chi connectivity index (χ0v) is 48.5. The van der Waals surface area contributed by atoms with Crippen molar-refractivity contribution in [2.75, 3.05) is 9.80 Å². The summed E-state index contributed by atoms with van der Waals surface area (Å²) in [5, 5.41) is 2.18. The molecule has 0 saturated heterocycles. The molecule has 0 fully saturated rings. The third-order valence-electron chi connectivity index (χ3n) is 16.1. The molecule has 0 radical (unpaired) electrons. The molecule has 0 unspecified atom stereocenters. The van der Waals surface area contributed by atoms with Gasteiger partial charge in [-0.25, -0.2) is 4.98 Å². The van der Waals surface area contributed by atoms with Crippen LogP contribution in [0.25, 0.3) is 72.1 Å². The monoisotopic (exact) mass is 1230 g/mol. The first-order valence-electron chi connectivity index (χ1n) is 27.7. The van der Waals surface area contributed by atoms with E-state index in [1.54, 1.807) is 0 Å². The number of aromatic nitrogens is 2. The minimum atomic E-state index is -0.110. The van der Waals surface area contributed by atoms with Crippen LogP contribution >= 0.6 is 0 Å². The fraction of sp³-hybridized carbons (Fsp3) is 0.120. The largest absolute Gasteiger partial charge is 0.509 e. The van der Waals surface area contributed by atoms with Crippen LogP contribution in [0.1, 0.15) is 75.3 Å². The van der Waals surface area contributed by atoms with Crippen molar-refractivity contribution >= 4 is 44.6 Å². The van der Waals surface area contributed by atoms with Crippen molar-refractivity contribution in [1.29, 1.82) is 0 Å². The number of ether oxygens (including phenoxy) is 1. The molecule has 0 amide bonds. The Hall–Kier alpha value is -8.76. The molecule has 0 saturated carbocycles. The van der Waals surface area contributed by atoms with Gasteiger partial charge in [0.2, 0.25) is 0 Å². The Morgan fingerprint density at radius 3 is 1.60 bits per heavy atom. The summed E-state index contributed by atoms with van der Waals surface area (Å²) in [5.74, 6) is 1.93. The van der Waals surface area contributed by atoms with Crippen LogP contribution in [0, 0.1) is 18.8 Å². The van der Waals surface area contributed by atoms with E-state index in [0.29, 0.717) is 11.5 Å². The summed E-state index contributed by atoms with van der Waals surface area (Å²) in [5.41, 5.74) is 20.9. The van der Waals surface area contributed by atoms with E-state index < -0.39 is 0 Å². The predicted octanol–water partition coefficient (Wildman–Crippen LogP) is 19.7. The Balaban J connectivity index is 0.00000618. The van der Waals surface area contributed by atoms with Crippen LogP contribution < -0.4 is 14.5 Å². The molecule has 12 aromatic rings. The third-order valence-corrected chi connectivity index (χ3v) is 16.1. The molecule has 1 aliphatic heterocycles. The van der Waals surface area contributed by atoms with E-state index in [4.69, 9.17) is 9.72 Å². The second kappa shape index (κ2) is 20.4. The first-order chi connectivity index (χ1) is 38.9. The summed E-state index contributed by atoms with van der Waals surface area (Å²) in [6, 6.07) is 91.0. The Labute approximate surface area is 490 Å². The number of hydrogen-bond donors (Lipinski definition) is 0. The molecule has 2 aliphatic rings. The number of benzene rings is 10. The minimum absolute atomic E-state index is 0. The number of para-hydroxylation sites is 3. The smallest absolute Gasteiger partial charge is 0.135 e. The zero-order valence-electron chi connectivity index (χ0n) is 46.2. The van der Waals surface area contributed by atoms with Gasteiger partial charge in [0.1, 0.15) is 5.82 Å². The molecule has 5 nitrogen and oxygen atoms in total. The second-order valence-electron chi connectivity index (χ2n) is 23.3. The van der Waals surface area contributed by atoms with E-state index in [2.05, 4.69) is 305 Å². The van der Waals surface area contributed by atoms with Gasteiger partial charge in [-0.15, -0.1) is 47.6 Å². The quantitative estimate of drug-likeness (QED) is 0.135. The number of rotatable bonds is 9. The van der Waals surface area contributed by atoms with Crippen LogP contribution in [0.2, 0.25) is 0 Å². The molecule has 81 heavy (non-hydrogen) atoms. The average Bonchev–Trinajstić information content (AvgIpc) is 4.37. The van der Waals surface area contributed by atoms with Crippen LogP contribution in [-0.2, 0) is 31.9 Å². The Kier molecular flexibility index (Phi) is 13.0. The zero-order chi connectivity index (χ0) is 54.3. The Bertz CT molecular complexity index is 4240.